The van der Waals surface area contributed by atoms with Crippen LogP contribution in [0.15, 0.2) is 12.4 Å². The molecular formula is C9H12ClN3. The van der Waals surface area contributed by atoms with Gasteiger partial charge in [0.1, 0.15) is 11.5 Å². The minimum absolute atomic E-state index is 0.545. The summed E-state index contributed by atoms with van der Waals surface area (Å²) in [5.74, 6) is 0.557. The van der Waals surface area contributed by atoms with E-state index in [-0.39, 0.29) is 0 Å². The Morgan fingerprint density at radius 1 is 1.31 bits per heavy atom. The number of hydrogen-bond donors (Lipinski definition) is 1. The van der Waals surface area contributed by atoms with Gasteiger partial charge in [-0.3, -0.25) is 0 Å². The van der Waals surface area contributed by atoms with Crippen molar-refractivity contribution in [2.45, 2.75) is 18.8 Å². The van der Waals surface area contributed by atoms with Crippen molar-refractivity contribution in [1.82, 2.24) is 15.3 Å². The van der Waals surface area contributed by atoms with E-state index in [2.05, 4.69) is 15.3 Å². The van der Waals surface area contributed by atoms with Gasteiger partial charge in [-0.2, -0.15) is 0 Å². The van der Waals surface area contributed by atoms with E-state index in [1.165, 1.54) is 0 Å². The number of piperidine rings is 1. The lowest BCUT2D eigenvalue weighted by Gasteiger charge is -2.21. The molecule has 0 atom stereocenters. The predicted molar refractivity (Wildman–Crippen MR) is 51.9 cm³/mol. The summed E-state index contributed by atoms with van der Waals surface area (Å²) in [6.45, 7) is 2.15. The van der Waals surface area contributed by atoms with Crippen molar-refractivity contribution in [2.24, 2.45) is 0 Å². The molecule has 13 heavy (non-hydrogen) atoms. The zero-order chi connectivity index (χ0) is 9.10. The van der Waals surface area contributed by atoms with Gasteiger partial charge in [-0.15, -0.1) is 0 Å². The van der Waals surface area contributed by atoms with E-state index in [1.54, 1.807) is 6.33 Å². The van der Waals surface area contributed by atoms with E-state index in [4.69, 9.17) is 11.6 Å². The molecule has 0 saturated carbocycles. The lowest BCUT2D eigenvalue weighted by Crippen LogP contribution is -2.27. The Labute approximate surface area is 82.5 Å². The first kappa shape index (κ1) is 8.91. The van der Waals surface area contributed by atoms with Crippen molar-refractivity contribution < 1.29 is 0 Å². The zero-order valence-electron chi connectivity index (χ0n) is 7.33. The minimum Gasteiger partial charge on any atom is -0.317 e. The monoisotopic (exact) mass is 197 g/mol. The Morgan fingerprint density at radius 2 is 2.08 bits per heavy atom. The van der Waals surface area contributed by atoms with Crippen molar-refractivity contribution in [1.29, 1.82) is 0 Å². The van der Waals surface area contributed by atoms with Crippen molar-refractivity contribution in [3.05, 3.63) is 23.2 Å². The van der Waals surface area contributed by atoms with Gasteiger partial charge in [0.25, 0.3) is 0 Å². The average Bonchev–Trinajstić information content (AvgIpc) is 2.19. The van der Waals surface area contributed by atoms with Gasteiger partial charge in [0.15, 0.2) is 0 Å². The Kier molecular flexibility index (Phi) is 2.76. The molecule has 1 aliphatic rings. The number of hydrogen-bond acceptors (Lipinski definition) is 3. The third kappa shape index (κ3) is 2.17. The van der Waals surface area contributed by atoms with Gasteiger partial charge < -0.3 is 5.32 Å². The Balaban J connectivity index is 2.14. The standard InChI is InChI=1S/C9H12ClN3/c10-9-5-8(12-6-13-9)7-1-3-11-4-2-7/h5-7,11H,1-4H2. The molecule has 0 unspecified atom stereocenters. The molecule has 2 rings (SSSR count). The maximum Gasteiger partial charge on any atom is 0.132 e. The lowest BCUT2D eigenvalue weighted by atomic mass is 9.94. The molecule has 1 aliphatic heterocycles. The molecule has 70 valence electrons. The minimum atomic E-state index is 0.545. The van der Waals surface area contributed by atoms with Crippen molar-refractivity contribution in [3.8, 4) is 0 Å². The quantitative estimate of drug-likeness (QED) is 0.695. The summed E-state index contributed by atoms with van der Waals surface area (Å²) in [4.78, 5) is 8.11. The van der Waals surface area contributed by atoms with Gasteiger partial charge in [-0.05, 0) is 32.0 Å². The molecule has 0 amide bonds. The second kappa shape index (κ2) is 4.03. The molecule has 0 bridgehead atoms. The summed E-state index contributed by atoms with van der Waals surface area (Å²) in [6.07, 6.45) is 3.83. The highest BCUT2D eigenvalue weighted by molar-refractivity contribution is 6.29. The van der Waals surface area contributed by atoms with Crippen LogP contribution in [-0.2, 0) is 0 Å². The van der Waals surface area contributed by atoms with Crippen LogP contribution in [0.4, 0.5) is 0 Å². The van der Waals surface area contributed by atoms with Gasteiger partial charge in [-0.25, -0.2) is 9.97 Å². The molecule has 1 N–H and O–H groups in total. The fraction of sp³-hybridized carbons (Fsp3) is 0.556. The number of nitrogens with zero attached hydrogens (tertiary/aromatic N) is 2. The smallest absolute Gasteiger partial charge is 0.132 e. The first-order valence-electron chi connectivity index (χ1n) is 4.54. The molecule has 3 nitrogen and oxygen atoms in total. The third-order valence-corrected chi connectivity index (χ3v) is 2.62. The van der Waals surface area contributed by atoms with E-state index in [9.17, 15) is 0 Å². The molecule has 0 spiro atoms. The maximum absolute atomic E-state index is 5.80. The molecule has 4 heteroatoms. The van der Waals surface area contributed by atoms with Crippen LogP contribution in [0.3, 0.4) is 0 Å². The van der Waals surface area contributed by atoms with Crippen molar-refractivity contribution >= 4 is 11.6 Å². The van der Waals surface area contributed by atoms with Crippen LogP contribution in [0.25, 0.3) is 0 Å². The average molecular weight is 198 g/mol. The normalized spacial score (nSPS) is 18.8. The Morgan fingerprint density at radius 3 is 2.77 bits per heavy atom. The molecule has 0 aliphatic carbocycles. The number of nitrogens with one attached hydrogen (secondary N) is 1. The highest BCUT2D eigenvalue weighted by Crippen LogP contribution is 2.23. The van der Waals surface area contributed by atoms with Gasteiger partial charge in [0, 0.05) is 11.6 Å². The van der Waals surface area contributed by atoms with Crippen LogP contribution in [-0.4, -0.2) is 23.1 Å². The lowest BCUT2D eigenvalue weighted by molar-refractivity contribution is 0.453. The van der Waals surface area contributed by atoms with E-state index in [0.717, 1.165) is 31.6 Å². The Hall–Kier alpha value is -0.670. The SMILES string of the molecule is Clc1cc(C2CCNCC2)ncn1. The van der Waals surface area contributed by atoms with Crippen LogP contribution in [0.5, 0.6) is 0 Å². The summed E-state index contributed by atoms with van der Waals surface area (Å²) in [6, 6.07) is 1.87. The summed E-state index contributed by atoms with van der Waals surface area (Å²) in [5.41, 5.74) is 1.08. The highest BCUT2D eigenvalue weighted by Gasteiger charge is 2.16. The molecule has 0 aromatic carbocycles. The molecule has 1 aromatic rings. The van der Waals surface area contributed by atoms with E-state index >= 15 is 0 Å². The van der Waals surface area contributed by atoms with Crippen LogP contribution >= 0.6 is 11.6 Å². The molecule has 1 aromatic heterocycles. The molecule has 0 radical (unpaired) electrons. The summed E-state index contributed by atoms with van der Waals surface area (Å²) < 4.78 is 0. The predicted octanol–water partition coefficient (Wildman–Crippen LogP) is 1.60. The topological polar surface area (TPSA) is 37.8 Å². The van der Waals surface area contributed by atoms with Gasteiger partial charge in [-0.1, -0.05) is 11.6 Å². The molecular weight excluding hydrogens is 186 g/mol. The summed E-state index contributed by atoms with van der Waals surface area (Å²) in [5, 5.41) is 3.87. The molecule has 1 saturated heterocycles. The highest BCUT2D eigenvalue weighted by atomic mass is 35.5. The summed E-state index contributed by atoms with van der Waals surface area (Å²) in [7, 11) is 0. The Bertz CT molecular complexity index is 284. The van der Waals surface area contributed by atoms with Crippen molar-refractivity contribution in [3.63, 3.8) is 0 Å². The first-order chi connectivity index (χ1) is 6.36. The third-order valence-electron chi connectivity index (χ3n) is 2.41. The maximum atomic E-state index is 5.80. The zero-order valence-corrected chi connectivity index (χ0v) is 8.09. The van der Waals surface area contributed by atoms with Crippen LogP contribution in [0.2, 0.25) is 5.15 Å². The largest absolute Gasteiger partial charge is 0.317 e. The number of rotatable bonds is 1. The number of aromatic nitrogens is 2. The van der Waals surface area contributed by atoms with Crippen LogP contribution in [0.1, 0.15) is 24.5 Å². The molecule has 2 heterocycles. The fourth-order valence-electron chi connectivity index (χ4n) is 1.69. The molecule has 1 fully saturated rings. The van der Waals surface area contributed by atoms with Gasteiger partial charge >= 0.3 is 0 Å². The fourth-order valence-corrected chi connectivity index (χ4v) is 1.84. The second-order valence-corrected chi connectivity index (χ2v) is 3.68. The van der Waals surface area contributed by atoms with Crippen molar-refractivity contribution in [2.75, 3.05) is 13.1 Å². The van der Waals surface area contributed by atoms with E-state index in [1.807, 2.05) is 6.07 Å². The van der Waals surface area contributed by atoms with E-state index in [0.29, 0.717) is 11.1 Å². The second-order valence-electron chi connectivity index (χ2n) is 3.29. The summed E-state index contributed by atoms with van der Waals surface area (Å²) >= 11 is 5.80. The van der Waals surface area contributed by atoms with E-state index < -0.39 is 0 Å². The van der Waals surface area contributed by atoms with Crippen LogP contribution in [0, 0.1) is 0 Å². The van der Waals surface area contributed by atoms with Crippen LogP contribution < -0.4 is 5.32 Å². The van der Waals surface area contributed by atoms with Gasteiger partial charge in [0.05, 0.1) is 0 Å². The first-order valence-corrected chi connectivity index (χ1v) is 4.92. The number of halogens is 1. The van der Waals surface area contributed by atoms with Gasteiger partial charge in [0.2, 0.25) is 0 Å².